The van der Waals surface area contributed by atoms with Crippen LogP contribution < -0.4 is 10.5 Å². The Morgan fingerprint density at radius 1 is 1.27 bits per heavy atom. The van der Waals surface area contributed by atoms with Crippen LogP contribution in [0.5, 0.6) is 5.75 Å². The van der Waals surface area contributed by atoms with E-state index in [2.05, 4.69) is 24.1 Å². The average Bonchev–Trinajstić information content (AvgIpc) is 3.19. The molecule has 2 aliphatic heterocycles. The highest BCUT2D eigenvalue weighted by atomic mass is 32.2. The zero-order valence-electron chi connectivity index (χ0n) is 18.5. The zero-order chi connectivity index (χ0) is 24.0. The summed E-state index contributed by atoms with van der Waals surface area (Å²) in [5.74, 6) is -0.640. The third kappa shape index (κ3) is 3.68. The number of nitrogens with zero attached hydrogens (tertiary/aromatic N) is 4. The molecular weight excluding hydrogens is 452 g/mol. The first-order valence-electron chi connectivity index (χ1n) is 10.4. The fourth-order valence-corrected chi connectivity index (χ4v) is 7.51. The second-order valence-corrected chi connectivity index (χ2v) is 11.7. The Morgan fingerprint density at radius 3 is 2.70 bits per heavy atom. The Bertz CT molecular complexity index is 1260. The molecule has 11 heteroatoms. The summed E-state index contributed by atoms with van der Waals surface area (Å²) in [5, 5.41) is -0.565. The van der Waals surface area contributed by atoms with Crippen LogP contribution in [0.25, 0.3) is 0 Å². The number of hydrogen-bond acceptors (Lipinski definition) is 8. The number of ether oxygens (including phenoxy) is 1. The Kier molecular flexibility index (Phi) is 5.71. The summed E-state index contributed by atoms with van der Waals surface area (Å²) >= 11 is 0. The van der Waals surface area contributed by atoms with Gasteiger partial charge in [0.05, 0.1) is 27.6 Å². The summed E-state index contributed by atoms with van der Waals surface area (Å²) in [6.07, 6.45) is 1.57. The summed E-state index contributed by atoms with van der Waals surface area (Å²) in [5.41, 5.74) is 5.36. The monoisotopic (exact) mass is 477 g/mol. The maximum Gasteiger partial charge on any atom is 0.228 e. The maximum atomic E-state index is 15.0. The predicted molar refractivity (Wildman–Crippen MR) is 120 cm³/mol. The minimum absolute atomic E-state index is 0.0132. The van der Waals surface area contributed by atoms with Crippen LogP contribution in [0, 0.1) is 5.82 Å². The van der Waals surface area contributed by atoms with Gasteiger partial charge in [0.25, 0.3) is 0 Å². The van der Waals surface area contributed by atoms with Gasteiger partial charge in [-0.1, -0.05) is 0 Å². The van der Waals surface area contributed by atoms with Gasteiger partial charge in [0, 0.05) is 12.2 Å². The smallest absolute Gasteiger partial charge is 0.228 e. The van der Waals surface area contributed by atoms with Gasteiger partial charge in [-0.15, -0.1) is 0 Å². The van der Waals surface area contributed by atoms with Crippen molar-refractivity contribution in [3.05, 3.63) is 53.4 Å². The summed E-state index contributed by atoms with van der Waals surface area (Å²) in [7, 11) is -2.84. The molecule has 2 aromatic heterocycles. The topological polar surface area (TPSA) is 120 Å². The van der Waals surface area contributed by atoms with E-state index in [1.807, 2.05) is 0 Å². The maximum absolute atomic E-state index is 15.0. The molecule has 2 aliphatic rings. The lowest BCUT2D eigenvalue weighted by molar-refractivity contribution is 0.0986. The van der Waals surface area contributed by atoms with Crippen molar-refractivity contribution in [2.45, 2.75) is 49.1 Å². The lowest BCUT2D eigenvalue weighted by Gasteiger charge is -2.44. The van der Waals surface area contributed by atoms with Gasteiger partial charge in [0.1, 0.15) is 39.1 Å². The number of amidine groups is 1. The first-order chi connectivity index (χ1) is 15.5. The second-order valence-electron chi connectivity index (χ2n) is 8.72. The van der Waals surface area contributed by atoms with Gasteiger partial charge in [0.15, 0.2) is 5.78 Å². The van der Waals surface area contributed by atoms with E-state index in [0.29, 0.717) is 18.7 Å². The molecule has 0 radical (unpaired) electrons. The van der Waals surface area contributed by atoms with Crippen molar-refractivity contribution in [1.29, 1.82) is 0 Å². The summed E-state index contributed by atoms with van der Waals surface area (Å²) in [6, 6.07) is 5.49. The number of carbonyl (C=O) groups is 1. The van der Waals surface area contributed by atoms with E-state index in [1.165, 1.54) is 30.5 Å². The molecule has 33 heavy (non-hydrogen) atoms. The molecule has 0 unspecified atom stereocenters. The van der Waals surface area contributed by atoms with Crippen LogP contribution in [0.3, 0.4) is 0 Å². The second kappa shape index (κ2) is 8.12. The third-order valence-corrected chi connectivity index (χ3v) is 10.1. The highest BCUT2D eigenvalue weighted by Gasteiger charge is 2.57. The SMILES string of the molecule is CC1(C)C(N)=N[C@](C)(c2nc(CC(=O)c3ccc(OCF)cn3)ccc2F)[C@@H]2CCN=[S@@]21=O. The minimum atomic E-state index is -2.84. The zero-order valence-corrected chi connectivity index (χ0v) is 19.4. The number of Topliss-reactive ketones (excluding diaryl/α,β-unsaturated/α-hetero) is 1. The highest BCUT2D eigenvalue weighted by molar-refractivity contribution is 7.96. The van der Waals surface area contributed by atoms with Gasteiger partial charge < -0.3 is 10.5 Å². The lowest BCUT2D eigenvalue weighted by atomic mass is 9.89. The molecule has 0 aliphatic carbocycles. The van der Waals surface area contributed by atoms with Crippen molar-refractivity contribution in [3.8, 4) is 5.75 Å². The molecule has 4 heterocycles. The van der Waals surface area contributed by atoms with Crippen molar-refractivity contribution in [2.24, 2.45) is 15.1 Å². The van der Waals surface area contributed by atoms with Gasteiger partial charge in [-0.2, -0.15) is 0 Å². The Hall–Kier alpha value is -2.95. The fraction of sp³-hybridized carbons (Fsp3) is 0.455. The Balaban J connectivity index is 1.69. The lowest BCUT2D eigenvalue weighted by Crippen LogP contribution is -2.58. The van der Waals surface area contributed by atoms with E-state index in [0.717, 1.165) is 0 Å². The van der Waals surface area contributed by atoms with Crippen LogP contribution in [0.1, 0.15) is 49.1 Å². The first-order valence-corrected chi connectivity index (χ1v) is 12.0. The van der Waals surface area contributed by atoms with E-state index in [9.17, 15) is 13.4 Å². The number of alkyl halides is 1. The van der Waals surface area contributed by atoms with Crippen molar-refractivity contribution in [1.82, 2.24) is 9.97 Å². The first kappa shape index (κ1) is 23.2. The average molecular weight is 478 g/mol. The van der Waals surface area contributed by atoms with Crippen LogP contribution in [-0.4, -0.2) is 49.2 Å². The Labute approximate surface area is 190 Å². The predicted octanol–water partition coefficient (Wildman–Crippen LogP) is 2.95. The van der Waals surface area contributed by atoms with Crippen molar-refractivity contribution in [3.63, 3.8) is 0 Å². The van der Waals surface area contributed by atoms with Crippen LogP contribution in [0.4, 0.5) is 8.78 Å². The number of halogens is 2. The van der Waals surface area contributed by atoms with Gasteiger partial charge in [-0.3, -0.25) is 14.8 Å². The van der Waals surface area contributed by atoms with E-state index in [-0.39, 0.29) is 35.2 Å². The van der Waals surface area contributed by atoms with Crippen LogP contribution in [0.15, 0.2) is 39.8 Å². The van der Waals surface area contributed by atoms with Crippen LogP contribution in [0.2, 0.25) is 0 Å². The molecule has 2 N–H and O–H groups in total. The van der Waals surface area contributed by atoms with Crippen molar-refractivity contribution < 1.29 is 22.5 Å². The summed E-state index contributed by atoms with van der Waals surface area (Å²) in [4.78, 5) is 25.7. The number of ketones is 1. The fourth-order valence-electron chi connectivity index (χ4n) is 4.36. The normalized spacial score (nSPS) is 27.9. The molecule has 0 spiro atoms. The van der Waals surface area contributed by atoms with Crippen LogP contribution >= 0.6 is 0 Å². The number of pyridine rings is 2. The number of fused-ring (bicyclic) bond motifs is 1. The number of carbonyl (C=O) groups excluding carboxylic acids is 1. The minimum Gasteiger partial charge on any atom is -0.461 e. The van der Waals surface area contributed by atoms with Crippen LogP contribution in [-0.2, 0) is 21.7 Å². The van der Waals surface area contributed by atoms with E-state index in [1.54, 1.807) is 20.8 Å². The Morgan fingerprint density at radius 2 is 2.03 bits per heavy atom. The molecule has 0 aromatic carbocycles. The summed E-state index contributed by atoms with van der Waals surface area (Å²) < 4.78 is 49.3. The largest absolute Gasteiger partial charge is 0.461 e. The molecule has 0 saturated heterocycles. The van der Waals surface area contributed by atoms with Gasteiger partial charge in [0.2, 0.25) is 6.86 Å². The standard InChI is InChI=1S/C22H25F2N5O3S/c1-21(2)20(25)29-22(3,18-8-9-27-33(18,21)31)19-15(24)6-4-13(28-19)10-17(30)16-7-5-14(11-26-16)32-12-23/h4-7,11,18H,8-10,12H2,1-3H3,(H2,25,29)/t18-,22-,33+/m0/s1. The molecular formula is C22H25F2N5O3S. The highest BCUT2D eigenvalue weighted by Crippen LogP contribution is 2.47. The van der Waals surface area contributed by atoms with Gasteiger partial charge >= 0.3 is 0 Å². The molecule has 8 nitrogen and oxygen atoms in total. The molecule has 0 bridgehead atoms. The number of rotatable bonds is 6. The number of nitrogens with two attached hydrogens (primary N) is 1. The molecule has 0 saturated carbocycles. The van der Waals surface area contributed by atoms with Gasteiger partial charge in [-0.05, 0) is 51.5 Å². The quantitative estimate of drug-likeness (QED) is 0.639. The summed E-state index contributed by atoms with van der Waals surface area (Å²) in [6.45, 7) is 4.53. The number of aliphatic imine (C=N–C) groups is 1. The van der Waals surface area contributed by atoms with E-state index >= 15 is 4.39 Å². The number of aromatic nitrogens is 2. The molecule has 0 amide bonds. The van der Waals surface area contributed by atoms with Gasteiger partial charge in [-0.25, -0.2) is 22.3 Å². The van der Waals surface area contributed by atoms with E-state index in [4.69, 9.17) is 5.73 Å². The van der Waals surface area contributed by atoms with Crippen molar-refractivity contribution in [2.75, 3.05) is 13.4 Å². The third-order valence-electron chi connectivity index (χ3n) is 6.36. The van der Waals surface area contributed by atoms with E-state index < -0.39 is 37.9 Å². The van der Waals surface area contributed by atoms with Crippen molar-refractivity contribution >= 4 is 21.3 Å². The number of hydrogen-bond donors (Lipinski definition) is 1. The molecule has 3 atom stereocenters. The molecule has 0 fully saturated rings. The molecule has 4 rings (SSSR count). The molecule has 2 aromatic rings. The molecule has 176 valence electrons.